The summed E-state index contributed by atoms with van der Waals surface area (Å²) in [6.45, 7) is 4.64. The maximum atomic E-state index is 5.96. The molecular formula is C21H37ClN+. The zero-order valence-electron chi connectivity index (χ0n) is 15.6. The summed E-state index contributed by atoms with van der Waals surface area (Å²) >= 11 is 5.96. The van der Waals surface area contributed by atoms with Crippen molar-refractivity contribution in [3.05, 3.63) is 34.9 Å². The number of hydrogen-bond donors (Lipinski definition) is 0. The summed E-state index contributed by atoms with van der Waals surface area (Å²) in [5.74, 6) is 0. The second-order valence-corrected chi connectivity index (χ2v) is 8.06. The predicted molar refractivity (Wildman–Crippen MR) is 104 cm³/mol. The van der Waals surface area contributed by atoms with Crippen molar-refractivity contribution in [2.45, 2.75) is 77.7 Å². The third-order valence-electron chi connectivity index (χ3n) is 4.64. The molecule has 0 saturated heterocycles. The second kappa shape index (κ2) is 11.9. The van der Waals surface area contributed by atoms with Crippen LogP contribution in [0, 0.1) is 0 Å². The summed E-state index contributed by atoms with van der Waals surface area (Å²) in [4.78, 5) is 0. The van der Waals surface area contributed by atoms with Crippen molar-refractivity contribution in [1.29, 1.82) is 0 Å². The van der Waals surface area contributed by atoms with Crippen LogP contribution < -0.4 is 0 Å². The first kappa shape index (κ1) is 20.5. The van der Waals surface area contributed by atoms with E-state index in [1.54, 1.807) is 0 Å². The Morgan fingerprint density at radius 3 is 1.74 bits per heavy atom. The van der Waals surface area contributed by atoms with E-state index >= 15 is 0 Å². The molecule has 0 bridgehead atoms. The molecule has 0 fully saturated rings. The minimum atomic E-state index is 0.828. The molecule has 23 heavy (non-hydrogen) atoms. The largest absolute Gasteiger partial charge is 0.325 e. The van der Waals surface area contributed by atoms with Gasteiger partial charge in [-0.05, 0) is 25.0 Å². The number of hydrogen-bond acceptors (Lipinski definition) is 0. The Morgan fingerprint density at radius 1 is 0.739 bits per heavy atom. The van der Waals surface area contributed by atoms with E-state index < -0.39 is 0 Å². The molecule has 0 aliphatic heterocycles. The number of unbranched alkanes of at least 4 members (excludes halogenated alkanes) is 9. The minimum absolute atomic E-state index is 0.828. The van der Waals surface area contributed by atoms with Gasteiger partial charge in [0, 0.05) is 10.6 Å². The number of nitrogens with zero attached hydrogens (tertiary/aromatic N) is 1. The van der Waals surface area contributed by atoms with Crippen LogP contribution in [0.5, 0.6) is 0 Å². The molecule has 0 atom stereocenters. The fraction of sp³-hybridized carbons (Fsp3) is 0.714. The van der Waals surface area contributed by atoms with Crippen molar-refractivity contribution in [3.63, 3.8) is 0 Å². The summed E-state index contributed by atoms with van der Waals surface area (Å²) in [7, 11) is 4.67. The lowest BCUT2D eigenvalue weighted by Gasteiger charge is -2.30. The van der Waals surface area contributed by atoms with E-state index in [4.69, 9.17) is 11.6 Å². The second-order valence-electron chi connectivity index (χ2n) is 7.63. The molecule has 0 heterocycles. The molecule has 0 spiro atoms. The molecule has 0 unspecified atom stereocenters. The van der Waals surface area contributed by atoms with Crippen molar-refractivity contribution < 1.29 is 4.48 Å². The van der Waals surface area contributed by atoms with E-state index in [1.807, 2.05) is 12.1 Å². The van der Waals surface area contributed by atoms with E-state index in [9.17, 15) is 0 Å². The summed E-state index contributed by atoms with van der Waals surface area (Å²) in [6.07, 6.45) is 14.1. The maximum Gasteiger partial charge on any atom is 0.104 e. The first-order valence-electron chi connectivity index (χ1n) is 9.60. The molecule has 0 N–H and O–H groups in total. The Labute approximate surface area is 149 Å². The zero-order chi connectivity index (χ0) is 17.0. The quantitative estimate of drug-likeness (QED) is 0.273. The van der Waals surface area contributed by atoms with Crippen LogP contribution in [0.2, 0.25) is 5.02 Å². The van der Waals surface area contributed by atoms with Crippen LogP contribution in [0.15, 0.2) is 24.3 Å². The van der Waals surface area contributed by atoms with Gasteiger partial charge in [0.2, 0.25) is 0 Å². The van der Waals surface area contributed by atoms with Crippen LogP contribution in [0.1, 0.15) is 76.7 Å². The van der Waals surface area contributed by atoms with Gasteiger partial charge in [0.1, 0.15) is 6.54 Å². The third-order valence-corrected chi connectivity index (χ3v) is 4.89. The van der Waals surface area contributed by atoms with Gasteiger partial charge in [-0.25, -0.2) is 0 Å². The van der Waals surface area contributed by atoms with Crippen molar-refractivity contribution in [2.24, 2.45) is 0 Å². The summed E-state index contributed by atoms with van der Waals surface area (Å²) in [5, 5.41) is 0.828. The van der Waals surface area contributed by atoms with Gasteiger partial charge in [-0.3, -0.25) is 0 Å². The molecule has 1 aromatic rings. The zero-order valence-corrected chi connectivity index (χ0v) is 16.4. The number of quaternary nitrogens is 1. The average Bonchev–Trinajstić information content (AvgIpc) is 2.51. The highest BCUT2D eigenvalue weighted by molar-refractivity contribution is 6.30. The first-order chi connectivity index (χ1) is 11.0. The Hall–Kier alpha value is -0.530. The maximum absolute atomic E-state index is 5.96. The molecule has 1 nitrogen and oxygen atoms in total. The summed E-state index contributed by atoms with van der Waals surface area (Å²) < 4.78 is 1.07. The summed E-state index contributed by atoms with van der Waals surface area (Å²) in [5.41, 5.74) is 1.38. The Balaban J connectivity index is 2.04. The molecular weight excluding hydrogens is 302 g/mol. The Bertz CT molecular complexity index is 397. The van der Waals surface area contributed by atoms with Crippen molar-refractivity contribution in [3.8, 4) is 0 Å². The van der Waals surface area contributed by atoms with Gasteiger partial charge in [-0.15, -0.1) is 0 Å². The van der Waals surface area contributed by atoms with Crippen molar-refractivity contribution >= 4 is 11.6 Å². The molecule has 0 amide bonds. The van der Waals surface area contributed by atoms with E-state index in [0.717, 1.165) is 16.1 Å². The standard InChI is InChI=1S/C21H37ClN/c1-4-5-6-7-8-9-10-11-12-13-18-23(2,3)19-20-14-16-21(22)17-15-20/h14-17H,4-13,18-19H2,1-3H3/q+1. The average molecular weight is 339 g/mol. The van der Waals surface area contributed by atoms with Crippen LogP contribution in [0.3, 0.4) is 0 Å². The molecule has 0 radical (unpaired) electrons. The smallest absolute Gasteiger partial charge is 0.104 e. The highest BCUT2D eigenvalue weighted by Gasteiger charge is 2.15. The van der Waals surface area contributed by atoms with E-state index in [-0.39, 0.29) is 0 Å². The molecule has 0 aromatic heterocycles. The fourth-order valence-corrected chi connectivity index (χ4v) is 3.32. The lowest BCUT2D eigenvalue weighted by atomic mass is 10.1. The molecule has 2 heteroatoms. The van der Waals surface area contributed by atoms with Gasteiger partial charge >= 0.3 is 0 Å². The highest BCUT2D eigenvalue weighted by Crippen LogP contribution is 2.16. The van der Waals surface area contributed by atoms with Crippen LogP contribution in [0.25, 0.3) is 0 Å². The van der Waals surface area contributed by atoms with Gasteiger partial charge in [0.15, 0.2) is 0 Å². The van der Waals surface area contributed by atoms with Gasteiger partial charge < -0.3 is 4.48 Å². The normalized spacial score (nSPS) is 11.8. The topological polar surface area (TPSA) is 0 Å². The first-order valence-corrected chi connectivity index (χ1v) is 9.98. The van der Waals surface area contributed by atoms with E-state index in [1.165, 1.54) is 76.3 Å². The minimum Gasteiger partial charge on any atom is -0.325 e. The summed E-state index contributed by atoms with van der Waals surface area (Å²) in [6, 6.07) is 8.30. The van der Waals surface area contributed by atoms with Crippen LogP contribution in [0.4, 0.5) is 0 Å². The molecule has 0 aliphatic rings. The van der Waals surface area contributed by atoms with E-state index in [2.05, 4.69) is 33.2 Å². The number of rotatable bonds is 13. The SMILES string of the molecule is CCCCCCCCCCCC[N+](C)(C)Cc1ccc(Cl)cc1. The number of benzene rings is 1. The lowest BCUT2D eigenvalue weighted by Crippen LogP contribution is -2.39. The van der Waals surface area contributed by atoms with Crippen molar-refractivity contribution in [1.82, 2.24) is 0 Å². The molecule has 1 rings (SSSR count). The number of halogens is 1. The van der Waals surface area contributed by atoms with Gasteiger partial charge in [-0.1, -0.05) is 82.0 Å². The molecule has 132 valence electrons. The Kier molecular flexibility index (Phi) is 10.6. The molecule has 1 aromatic carbocycles. The highest BCUT2D eigenvalue weighted by atomic mass is 35.5. The van der Waals surface area contributed by atoms with Crippen LogP contribution in [-0.4, -0.2) is 25.1 Å². The third kappa shape index (κ3) is 10.8. The lowest BCUT2D eigenvalue weighted by molar-refractivity contribution is -0.903. The van der Waals surface area contributed by atoms with Crippen LogP contribution >= 0.6 is 11.6 Å². The van der Waals surface area contributed by atoms with Gasteiger partial charge in [-0.2, -0.15) is 0 Å². The predicted octanol–water partition coefficient (Wildman–Crippen LogP) is 6.84. The molecule has 0 aliphatic carbocycles. The van der Waals surface area contributed by atoms with E-state index in [0.29, 0.717) is 0 Å². The van der Waals surface area contributed by atoms with Crippen molar-refractivity contribution in [2.75, 3.05) is 20.6 Å². The monoisotopic (exact) mass is 338 g/mol. The fourth-order valence-electron chi connectivity index (χ4n) is 3.19. The molecule has 0 saturated carbocycles. The Morgan fingerprint density at radius 2 is 1.22 bits per heavy atom. The van der Waals surface area contributed by atoms with Gasteiger partial charge in [0.05, 0.1) is 20.6 Å². The van der Waals surface area contributed by atoms with Gasteiger partial charge in [0.25, 0.3) is 0 Å². The van der Waals surface area contributed by atoms with Crippen LogP contribution in [-0.2, 0) is 6.54 Å².